The second kappa shape index (κ2) is 4.80. The van der Waals surface area contributed by atoms with Gasteiger partial charge in [-0.15, -0.1) is 0 Å². The fourth-order valence-corrected chi connectivity index (χ4v) is 3.63. The highest BCUT2D eigenvalue weighted by Gasteiger charge is 2.51. The van der Waals surface area contributed by atoms with Gasteiger partial charge in [-0.1, -0.05) is 32.5 Å². The van der Waals surface area contributed by atoms with Crippen LogP contribution in [0.15, 0.2) is 0 Å². The SMILES string of the molecule is CCC1(CC)CCN(C(=O)C2(C(N)=S)CCC2)C1. The summed E-state index contributed by atoms with van der Waals surface area (Å²) in [6.07, 6.45) is 6.19. The number of carbonyl (C=O) groups is 1. The summed E-state index contributed by atoms with van der Waals surface area (Å²) in [5.74, 6) is 0.199. The normalized spacial score (nSPS) is 24.7. The van der Waals surface area contributed by atoms with Gasteiger partial charge in [-0.25, -0.2) is 0 Å². The van der Waals surface area contributed by atoms with Crippen LogP contribution in [-0.4, -0.2) is 28.9 Å². The highest BCUT2D eigenvalue weighted by molar-refractivity contribution is 7.80. The minimum absolute atomic E-state index is 0.199. The van der Waals surface area contributed by atoms with Crippen molar-refractivity contribution in [3.05, 3.63) is 0 Å². The van der Waals surface area contributed by atoms with Gasteiger partial charge in [0, 0.05) is 13.1 Å². The molecule has 1 saturated heterocycles. The van der Waals surface area contributed by atoms with E-state index in [0.29, 0.717) is 10.4 Å². The number of nitrogens with two attached hydrogens (primary N) is 1. The molecule has 3 nitrogen and oxygen atoms in total. The lowest BCUT2D eigenvalue weighted by molar-refractivity contribution is -0.141. The topological polar surface area (TPSA) is 46.3 Å². The molecule has 1 aliphatic heterocycles. The van der Waals surface area contributed by atoms with Crippen molar-refractivity contribution >= 4 is 23.1 Å². The molecular weight excluding hydrogens is 244 g/mol. The van der Waals surface area contributed by atoms with Crippen LogP contribution >= 0.6 is 12.2 Å². The van der Waals surface area contributed by atoms with E-state index >= 15 is 0 Å². The van der Waals surface area contributed by atoms with Gasteiger partial charge in [-0.3, -0.25) is 4.79 Å². The maximum absolute atomic E-state index is 12.7. The average Bonchev–Trinajstić information content (AvgIpc) is 2.72. The Hall–Kier alpha value is -0.640. The van der Waals surface area contributed by atoms with Crippen molar-refractivity contribution in [3.8, 4) is 0 Å². The van der Waals surface area contributed by atoms with E-state index in [9.17, 15) is 4.79 Å². The summed E-state index contributed by atoms with van der Waals surface area (Å²) in [4.78, 5) is 15.1. The predicted molar refractivity (Wildman–Crippen MR) is 77.3 cm³/mol. The van der Waals surface area contributed by atoms with Gasteiger partial charge in [0.05, 0.1) is 10.4 Å². The molecule has 2 fully saturated rings. The van der Waals surface area contributed by atoms with Gasteiger partial charge in [0.2, 0.25) is 5.91 Å². The van der Waals surface area contributed by atoms with Crippen molar-refractivity contribution in [2.24, 2.45) is 16.6 Å². The summed E-state index contributed by atoms with van der Waals surface area (Å²) in [6, 6.07) is 0. The Kier molecular flexibility index (Phi) is 3.67. The first kappa shape index (κ1) is 13.8. The van der Waals surface area contributed by atoms with Crippen molar-refractivity contribution in [1.29, 1.82) is 0 Å². The van der Waals surface area contributed by atoms with E-state index in [-0.39, 0.29) is 5.91 Å². The molecule has 0 spiro atoms. The maximum Gasteiger partial charge on any atom is 0.235 e. The fourth-order valence-electron chi connectivity index (χ4n) is 3.33. The first-order valence-electron chi connectivity index (χ1n) is 7.09. The standard InChI is InChI=1S/C14H24N2OS/c1-3-13(4-2)8-9-16(10-13)12(17)14(11(15)18)6-5-7-14/h3-10H2,1-2H3,(H2,15,18). The largest absolute Gasteiger partial charge is 0.392 e. The number of carbonyl (C=O) groups excluding carboxylic acids is 1. The van der Waals surface area contributed by atoms with Gasteiger partial charge in [0.1, 0.15) is 0 Å². The van der Waals surface area contributed by atoms with E-state index < -0.39 is 5.41 Å². The van der Waals surface area contributed by atoms with Crippen LogP contribution < -0.4 is 5.73 Å². The molecule has 2 aliphatic rings. The van der Waals surface area contributed by atoms with Gasteiger partial charge in [-0.05, 0) is 37.5 Å². The Morgan fingerprint density at radius 2 is 1.89 bits per heavy atom. The monoisotopic (exact) mass is 268 g/mol. The summed E-state index contributed by atoms with van der Waals surface area (Å²) in [6.45, 7) is 6.22. The number of amides is 1. The van der Waals surface area contributed by atoms with E-state index in [1.165, 1.54) is 0 Å². The molecule has 18 heavy (non-hydrogen) atoms. The minimum atomic E-state index is -0.493. The first-order valence-corrected chi connectivity index (χ1v) is 7.50. The number of hydrogen-bond donors (Lipinski definition) is 1. The molecule has 1 aliphatic carbocycles. The van der Waals surface area contributed by atoms with Crippen molar-refractivity contribution in [1.82, 2.24) is 4.90 Å². The summed E-state index contributed by atoms with van der Waals surface area (Å²) in [5.41, 5.74) is 5.65. The molecule has 0 unspecified atom stereocenters. The van der Waals surface area contributed by atoms with Crippen LogP contribution in [0.4, 0.5) is 0 Å². The summed E-state index contributed by atoms with van der Waals surface area (Å²) in [7, 11) is 0. The molecule has 0 radical (unpaired) electrons. The number of rotatable bonds is 4. The van der Waals surface area contributed by atoms with Gasteiger partial charge < -0.3 is 10.6 Å². The number of nitrogens with zero attached hydrogens (tertiary/aromatic N) is 1. The Labute approximate surface area is 115 Å². The summed E-state index contributed by atoms with van der Waals surface area (Å²) < 4.78 is 0. The van der Waals surface area contributed by atoms with Crippen molar-refractivity contribution in [3.63, 3.8) is 0 Å². The predicted octanol–water partition coefficient (Wildman–Crippen LogP) is 2.48. The summed E-state index contributed by atoms with van der Waals surface area (Å²) in [5, 5.41) is 0. The smallest absolute Gasteiger partial charge is 0.235 e. The zero-order valence-corrected chi connectivity index (χ0v) is 12.3. The highest BCUT2D eigenvalue weighted by atomic mass is 32.1. The molecule has 102 valence electrons. The van der Waals surface area contributed by atoms with Crippen LogP contribution in [0.5, 0.6) is 0 Å². The average molecular weight is 268 g/mol. The second-order valence-electron chi connectivity index (χ2n) is 5.98. The van der Waals surface area contributed by atoms with Crippen LogP contribution in [0.3, 0.4) is 0 Å². The molecule has 0 bridgehead atoms. The minimum Gasteiger partial charge on any atom is -0.392 e. The number of thiocarbonyl (C=S) groups is 1. The van der Waals surface area contributed by atoms with E-state index in [4.69, 9.17) is 18.0 Å². The zero-order valence-electron chi connectivity index (χ0n) is 11.5. The lowest BCUT2D eigenvalue weighted by Crippen LogP contribution is -2.54. The van der Waals surface area contributed by atoms with Gasteiger partial charge in [-0.2, -0.15) is 0 Å². The van der Waals surface area contributed by atoms with Crippen LogP contribution in [-0.2, 0) is 4.79 Å². The molecule has 1 heterocycles. The van der Waals surface area contributed by atoms with Crippen molar-refractivity contribution in [2.45, 2.75) is 52.4 Å². The van der Waals surface area contributed by atoms with Crippen LogP contribution in [0.25, 0.3) is 0 Å². The summed E-state index contributed by atoms with van der Waals surface area (Å²) >= 11 is 5.14. The Morgan fingerprint density at radius 1 is 1.28 bits per heavy atom. The number of likely N-dealkylation sites (tertiary alicyclic amines) is 1. The molecule has 0 aromatic rings. The van der Waals surface area contributed by atoms with Crippen molar-refractivity contribution < 1.29 is 4.79 Å². The third kappa shape index (κ3) is 1.94. The zero-order chi connectivity index (χ0) is 13.4. The highest BCUT2D eigenvalue weighted by Crippen LogP contribution is 2.45. The van der Waals surface area contributed by atoms with E-state index in [1.807, 2.05) is 4.90 Å². The molecular formula is C14H24N2OS. The molecule has 0 aromatic carbocycles. The van der Waals surface area contributed by atoms with Gasteiger partial charge >= 0.3 is 0 Å². The van der Waals surface area contributed by atoms with Crippen molar-refractivity contribution in [2.75, 3.05) is 13.1 Å². The van der Waals surface area contributed by atoms with E-state index in [2.05, 4.69) is 13.8 Å². The molecule has 0 atom stereocenters. The Balaban J connectivity index is 2.10. The molecule has 1 saturated carbocycles. The van der Waals surface area contributed by atoms with E-state index in [0.717, 1.165) is 51.6 Å². The second-order valence-corrected chi connectivity index (χ2v) is 6.42. The van der Waals surface area contributed by atoms with Crippen LogP contribution in [0.2, 0.25) is 0 Å². The Bertz CT molecular complexity index is 359. The lowest BCUT2D eigenvalue weighted by Gasteiger charge is -2.42. The molecule has 1 amide bonds. The molecule has 0 aromatic heterocycles. The van der Waals surface area contributed by atoms with Gasteiger partial charge in [0.25, 0.3) is 0 Å². The van der Waals surface area contributed by atoms with E-state index in [1.54, 1.807) is 0 Å². The third-order valence-corrected chi connectivity index (χ3v) is 5.70. The first-order chi connectivity index (χ1) is 8.49. The number of hydrogen-bond acceptors (Lipinski definition) is 2. The Morgan fingerprint density at radius 3 is 2.22 bits per heavy atom. The lowest BCUT2D eigenvalue weighted by atomic mass is 9.67. The van der Waals surface area contributed by atoms with Crippen LogP contribution in [0, 0.1) is 10.8 Å². The quantitative estimate of drug-likeness (QED) is 0.797. The van der Waals surface area contributed by atoms with Crippen LogP contribution in [0.1, 0.15) is 52.4 Å². The third-order valence-electron chi connectivity index (χ3n) is 5.31. The maximum atomic E-state index is 12.7. The molecule has 2 N–H and O–H groups in total. The molecule has 2 rings (SSSR count). The molecule has 4 heteroatoms. The van der Waals surface area contributed by atoms with Gasteiger partial charge in [0.15, 0.2) is 0 Å². The fraction of sp³-hybridized carbons (Fsp3) is 0.857.